The number of aromatic hydroxyl groups is 1. The third-order valence-corrected chi connectivity index (χ3v) is 2.38. The Morgan fingerprint density at radius 3 is 2.67 bits per heavy atom. The molecular formula is C11H7NO6. The molecule has 92 valence electrons. The zero-order valence-corrected chi connectivity index (χ0v) is 9.17. The number of hydrogen-bond acceptors (Lipinski definition) is 6. The number of nitro groups is 1. The second-order valence-corrected chi connectivity index (χ2v) is 3.60. The first-order chi connectivity index (χ1) is 8.41. The Kier molecular flexibility index (Phi) is 2.59. The number of benzene rings is 1. The van der Waals surface area contributed by atoms with Crippen LogP contribution in [0, 0.1) is 10.1 Å². The van der Waals surface area contributed by atoms with Crippen LogP contribution in [0.25, 0.3) is 11.0 Å². The zero-order valence-electron chi connectivity index (χ0n) is 9.17. The lowest BCUT2D eigenvalue weighted by Gasteiger charge is -2.02. The second kappa shape index (κ2) is 3.95. The maximum atomic E-state index is 11.7. The number of nitrogens with zero attached hydrogens (tertiary/aromatic N) is 1. The van der Waals surface area contributed by atoms with Gasteiger partial charge in [0.2, 0.25) is 5.58 Å². The number of hydrogen-bond donors (Lipinski definition) is 1. The van der Waals surface area contributed by atoms with E-state index in [1.165, 1.54) is 13.0 Å². The number of nitro benzene ring substituents is 1. The Morgan fingerprint density at radius 2 is 2.11 bits per heavy atom. The molecule has 0 spiro atoms. The standard InChI is InChI=1S/C11H7NO6/c1-5(13)9-4-8(15)6-2-3-7(14)10(12(16)17)11(6)18-9/h2-4,14H,1H3. The van der Waals surface area contributed by atoms with Gasteiger partial charge in [-0.3, -0.25) is 19.7 Å². The number of carbonyl (C=O) groups excluding carboxylic acids is 1. The van der Waals surface area contributed by atoms with E-state index in [4.69, 9.17) is 4.42 Å². The van der Waals surface area contributed by atoms with Gasteiger partial charge in [0.15, 0.2) is 22.7 Å². The Labute approximate surface area is 99.4 Å². The van der Waals surface area contributed by atoms with Gasteiger partial charge in [-0.1, -0.05) is 0 Å². The molecule has 0 saturated heterocycles. The van der Waals surface area contributed by atoms with E-state index < -0.39 is 33.2 Å². The quantitative estimate of drug-likeness (QED) is 0.491. The molecule has 1 heterocycles. The normalized spacial score (nSPS) is 10.5. The van der Waals surface area contributed by atoms with Crippen molar-refractivity contribution in [2.45, 2.75) is 6.92 Å². The molecule has 0 aliphatic rings. The van der Waals surface area contributed by atoms with E-state index in [0.717, 1.165) is 12.1 Å². The van der Waals surface area contributed by atoms with E-state index in [1.807, 2.05) is 0 Å². The highest BCUT2D eigenvalue weighted by atomic mass is 16.6. The third-order valence-electron chi connectivity index (χ3n) is 2.38. The molecule has 0 unspecified atom stereocenters. The van der Waals surface area contributed by atoms with Gasteiger partial charge in [0, 0.05) is 13.0 Å². The minimum atomic E-state index is -0.871. The van der Waals surface area contributed by atoms with Gasteiger partial charge < -0.3 is 9.52 Å². The van der Waals surface area contributed by atoms with E-state index >= 15 is 0 Å². The number of carbonyl (C=O) groups is 1. The highest BCUT2D eigenvalue weighted by Gasteiger charge is 2.23. The maximum Gasteiger partial charge on any atom is 0.353 e. The first kappa shape index (κ1) is 11.8. The summed E-state index contributed by atoms with van der Waals surface area (Å²) in [5.74, 6) is -1.45. The average Bonchev–Trinajstić information content (AvgIpc) is 2.27. The predicted molar refractivity (Wildman–Crippen MR) is 60.8 cm³/mol. The fourth-order valence-electron chi connectivity index (χ4n) is 1.54. The molecule has 7 heteroatoms. The molecule has 2 rings (SSSR count). The van der Waals surface area contributed by atoms with Crippen LogP contribution in [0.1, 0.15) is 17.5 Å². The average molecular weight is 249 g/mol. The monoisotopic (exact) mass is 249 g/mol. The predicted octanol–water partition coefficient (Wildman–Crippen LogP) is 1.61. The molecule has 0 atom stereocenters. The van der Waals surface area contributed by atoms with Crippen molar-refractivity contribution in [1.82, 2.24) is 0 Å². The highest BCUT2D eigenvalue weighted by molar-refractivity contribution is 5.95. The summed E-state index contributed by atoms with van der Waals surface area (Å²) in [5.41, 5.74) is -1.71. The van der Waals surface area contributed by atoms with Crippen LogP contribution >= 0.6 is 0 Å². The summed E-state index contributed by atoms with van der Waals surface area (Å²) in [6, 6.07) is 3.20. The lowest BCUT2D eigenvalue weighted by molar-refractivity contribution is -0.384. The Bertz CT molecular complexity index is 730. The van der Waals surface area contributed by atoms with Gasteiger partial charge in [-0.05, 0) is 12.1 Å². The number of phenols is 1. The third kappa shape index (κ3) is 1.71. The highest BCUT2D eigenvalue weighted by Crippen LogP contribution is 2.33. The first-order valence-corrected chi connectivity index (χ1v) is 4.87. The second-order valence-electron chi connectivity index (χ2n) is 3.60. The summed E-state index contributed by atoms with van der Waals surface area (Å²) < 4.78 is 5.03. The van der Waals surface area contributed by atoms with Gasteiger partial charge >= 0.3 is 5.69 Å². The van der Waals surface area contributed by atoms with Gasteiger partial charge in [-0.25, -0.2) is 0 Å². The molecule has 0 radical (unpaired) electrons. The molecule has 7 nitrogen and oxygen atoms in total. The lowest BCUT2D eigenvalue weighted by atomic mass is 10.1. The number of fused-ring (bicyclic) bond motifs is 1. The first-order valence-electron chi connectivity index (χ1n) is 4.87. The van der Waals surface area contributed by atoms with Gasteiger partial charge in [-0.2, -0.15) is 0 Å². The van der Waals surface area contributed by atoms with E-state index in [2.05, 4.69) is 0 Å². The molecule has 0 fully saturated rings. The SMILES string of the molecule is CC(=O)c1cc(=O)c2ccc(O)c([N+](=O)[O-])c2o1. The lowest BCUT2D eigenvalue weighted by Crippen LogP contribution is -2.06. The summed E-state index contributed by atoms with van der Waals surface area (Å²) >= 11 is 0. The van der Waals surface area contributed by atoms with Crippen LogP contribution in [0.2, 0.25) is 0 Å². The van der Waals surface area contributed by atoms with Crippen molar-refractivity contribution >= 4 is 22.4 Å². The molecule has 0 saturated carbocycles. The van der Waals surface area contributed by atoms with Crippen LogP contribution in [0.3, 0.4) is 0 Å². The number of phenolic OH excluding ortho intramolecular Hbond substituents is 1. The number of rotatable bonds is 2. The fourth-order valence-corrected chi connectivity index (χ4v) is 1.54. The topological polar surface area (TPSA) is 111 Å². The van der Waals surface area contributed by atoms with Crippen molar-refractivity contribution in [2.24, 2.45) is 0 Å². The van der Waals surface area contributed by atoms with E-state index in [-0.39, 0.29) is 11.1 Å². The van der Waals surface area contributed by atoms with E-state index in [1.54, 1.807) is 0 Å². The van der Waals surface area contributed by atoms with Crippen LogP contribution in [0.5, 0.6) is 5.75 Å². The summed E-state index contributed by atoms with van der Waals surface area (Å²) in [5, 5.41) is 20.2. The molecule has 0 aliphatic carbocycles. The van der Waals surface area contributed by atoms with Crippen molar-refractivity contribution in [2.75, 3.05) is 0 Å². The summed E-state index contributed by atoms with van der Waals surface area (Å²) in [6.45, 7) is 1.17. The van der Waals surface area contributed by atoms with Crippen molar-refractivity contribution in [3.05, 3.63) is 44.3 Å². The minimum Gasteiger partial charge on any atom is -0.502 e. The van der Waals surface area contributed by atoms with Gasteiger partial charge in [-0.15, -0.1) is 0 Å². The summed E-state index contributed by atoms with van der Waals surface area (Å²) in [7, 11) is 0. The number of ketones is 1. The summed E-state index contributed by atoms with van der Waals surface area (Å²) in [6.07, 6.45) is 0. The molecule has 18 heavy (non-hydrogen) atoms. The van der Waals surface area contributed by atoms with Crippen LogP contribution in [0.4, 0.5) is 5.69 Å². The van der Waals surface area contributed by atoms with Crippen molar-refractivity contribution in [3.8, 4) is 5.75 Å². The molecule has 1 aromatic heterocycles. The smallest absolute Gasteiger partial charge is 0.353 e. The van der Waals surface area contributed by atoms with Crippen LogP contribution < -0.4 is 5.43 Å². The van der Waals surface area contributed by atoms with Crippen LogP contribution in [-0.2, 0) is 0 Å². The Hall–Kier alpha value is -2.70. The Morgan fingerprint density at radius 1 is 1.44 bits per heavy atom. The molecule has 0 amide bonds. The van der Waals surface area contributed by atoms with Gasteiger partial charge in [0.25, 0.3) is 0 Å². The molecule has 1 aromatic carbocycles. The maximum absolute atomic E-state index is 11.7. The molecular weight excluding hydrogens is 242 g/mol. The summed E-state index contributed by atoms with van der Waals surface area (Å²) in [4.78, 5) is 32.8. The van der Waals surface area contributed by atoms with Crippen molar-refractivity contribution < 1.29 is 19.2 Å². The fraction of sp³-hybridized carbons (Fsp3) is 0.0909. The molecule has 1 N–H and O–H groups in total. The number of Topliss-reactive ketones (excluding diaryl/α,β-unsaturated/α-hetero) is 1. The van der Waals surface area contributed by atoms with Crippen LogP contribution in [0.15, 0.2) is 27.4 Å². The van der Waals surface area contributed by atoms with E-state index in [0.29, 0.717) is 0 Å². The van der Waals surface area contributed by atoms with Gasteiger partial charge in [0.1, 0.15) is 0 Å². The molecule has 0 bridgehead atoms. The van der Waals surface area contributed by atoms with Crippen molar-refractivity contribution in [3.63, 3.8) is 0 Å². The van der Waals surface area contributed by atoms with E-state index in [9.17, 15) is 24.8 Å². The zero-order chi connectivity index (χ0) is 13.4. The van der Waals surface area contributed by atoms with Crippen molar-refractivity contribution in [1.29, 1.82) is 0 Å². The Balaban J connectivity index is 2.99. The minimum absolute atomic E-state index is 0.0653. The van der Waals surface area contributed by atoms with Crippen LogP contribution in [-0.4, -0.2) is 15.8 Å². The molecule has 0 aliphatic heterocycles. The largest absolute Gasteiger partial charge is 0.502 e. The van der Waals surface area contributed by atoms with Gasteiger partial charge in [0.05, 0.1) is 10.3 Å². The molecule has 2 aromatic rings.